The van der Waals surface area contributed by atoms with Gasteiger partial charge in [-0.1, -0.05) is 23.8 Å². The third-order valence-electron chi connectivity index (χ3n) is 5.19. The molecule has 8 heteroatoms. The summed E-state index contributed by atoms with van der Waals surface area (Å²) in [6.07, 6.45) is -0.210. The van der Waals surface area contributed by atoms with Crippen molar-refractivity contribution in [3.05, 3.63) is 35.5 Å². The van der Waals surface area contributed by atoms with E-state index in [0.29, 0.717) is 12.0 Å². The third kappa shape index (κ3) is 4.52. The van der Waals surface area contributed by atoms with Crippen LogP contribution in [0.4, 0.5) is 0 Å². The molecule has 6 atom stereocenters. The Hall–Kier alpha value is -2.00. The van der Waals surface area contributed by atoms with Crippen LogP contribution in [0.2, 0.25) is 0 Å². The second kappa shape index (κ2) is 8.57. The van der Waals surface area contributed by atoms with Crippen molar-refractivity contribution in [3.63, 3.8) is 0 Å². The van der Waals surface area contributed by atoms with E-state index in [1.165, 1.54) is 0 Å². The predicted molar refractivity (Wildman–Crippen MR) is 98.9 cm³/mol. The number of esters is 2. The molecule has 2 unspecified atom stereocenters. The topological polar surface area (TPSA) is 134 Å². The van der Waals surface area contributed by atoms with E-state index in [1.807, 2.05) is 0 Å². The van der Waals surface area contributed by atoms with Crippen molar-refractivity contribution in [2.45, 2.75) is 63.6 Å². The van der Waals surface area contributed by atoms with Crippen molar-refractivity contribution < 1.29 is 39.5 Å². The molecule has 1 aliphatic heterocycles. The molecule has 0 amide bonds. The van der Waals surface area contributed by atoms with E-state index in [-0.39, 0.29) is 12.0 Å². The minimum atomic E-state index is -2.50. The van der Waals surface area contributed by atoms with Gasteiger partial charge >= 0.3 is 11.9 Å². The lowest BCUT2D eigenvalue weighted by Crippen LogP contribution is -2.54. The molecule has 156 valence electrons. The van der Waals surface area contributed by atoms with Gasteiger partial charge in [0.1, 0.15) is 12.2 Å². The Morgan fingerprint density at radius 3 is 2.54 bits per heavy atom. The van der Waals surface area contributed by atoms with Crippen molar-refractivity contribution in [1.29, 1.82) is 0 Å². The molecule has 2 rings (SSSR count). The Labute approximate surface area is 163 Å². The number of carbonyl (C=O) groups excluding carboxylic acids is 2. The molecule has 0 saturated carbocycles. The van der Waals surface area contributed by atoms with E-state index < -0.39 is 54.5 Å². The molecule has 1 aliphatic carbocycles. The van der Waals surface area contributed by atoms with Gasteiger partial charge in [-0.25, -0.2) is 9.59 Å². The van der Waals surface area contributed by atoms with Crippen molar-refractivity contribution >= 4 is 11.9 Å². The Morgan fingerprint density at radius 2 is 1.96 bits per heavy atom. The van der Waals surface area contributed by atoms with E-state index in [4.69, 9.17) is 9.47 Å². The van der Waals surface area contributed by atoms with Crippen LogP contribution in [0.15, 0.2) is 35.5 Å². The molecular formula is C20H28O8. The first kappa shape index (κ1) is 22.3. The molecule has 1 heterocycles. The molecule has 0 spiro atoms. The van der Waals surface area contributed by atoms with Gasteiger partial charge in [-0.15, -0.1) is 0 Å². The number of hydrogen-bond donors (Lipinski definition) is 4. The lowest BCUT2D eigenvalue weighted by Gasteiger charge is -2.32. The minimum Gasteiger partial charge on any atom is -0.459 e. The van der Waals surface area contributed by atoms with E-state index in [1.54, 1.807) is 26.0 Å². The molecule has 0 aromatic heterocycles. The number of fused-ring (bicyclic) bond motifs is 1. The first-order chi connectivity index (χ1) is 13.0. The molecule has 0 bridgehead atoms. The number of aliphatic hydroxyl groups is 4. The second-order valence-corrected chi connectivity index (χ2v) is 7.62. The van der Waals surface area contributed by atoms with Crippen molar-refractivity contribution in [3.8, 4) is 0 Å². The molecule has 2 aliphatic rings. The second-order valence-electron chi connectivity index (χ2n) is 7.62. The smallest absolute Gasteiger partial charge is 0.343 e. The quantitative estimate of drug-likeness (QED) is 0.300. The SMILES string of the molecule is C=C1C(=O)O[C@@H]2/C=C(\C)C[C@H](O)/C=C(\C)C[C@@H](OC(=O)C(O)(CO)C(C)O)[C@@H]12. The fourth-order valence-corrected chi connectivity index (χ4v) is 3.48. The number of rotatable bonds is 4. The fraction of sp³-hybridized carbons (Fsp3) is 0.600. The molecule has 8 nitrogen and oxygen atoms in total. The highest BCUT2D eigenvalue weighted by Gasteiger charge is 2.48. The van der Waals surface area contributed by atoms with E-state index in [0.717, 1.165) is 12.5 Å². The molecule has 1 saturated heterocycles. The summed E-state index contributed by atoms with van der Waals surface area (Å²) in [7, 11) is 0. The van der Waals surface area contributed by atoms with Gasteiger partial charge in [0.15, 0.2) is 0 Å². The van der Waals surface area contributed by atoms with Gasteiger partial charge in [0.25, 0.3) is 0 Å². The number of carbonyl (C=O) groups is 2. The average molecular weight is 396 g/mol. The van der Waals surface area contributed by atoms with Gasteiger partial charge in [-0.05, 0) is 33.3 Å². The van der Waals surface area contributed by atoms with E-state index >= 15 is 0 Å². The summed E-state index contributed by atoms with van der Waals surface area (Å²) in [4.78, 5) is 24.6. The van der Waals surface area contributed by atoms with Gasteiger partial charge < -0.3 is 29.9 Å². The monoisotopic (exact) mass is 396 g/mol. The Balaban J connectivity index is 2.43. The van der Waals surface area contributed by atoms with Crippen LogP contribution in [-0.4, -0.2) is 69.0 Å². The van der Waals surface area contributed by atoms with Gasteiger partial charge in [-0.2, -0.15) is 0 Å². The normalized spacial score (nSPS) is 35.4. The maximum absolute atomic E-state index is 12.5. The van der Waals surface area contributed by atoms with Gasteiger partial charge in [0.2, 0.25) is 5.60 Å². The molecule has 0 aromatic rings. The van der Waals surface area contributed by atoms with Crippen LogP contribution >= 0.6 is 0 Å². The lowest BCUT2D eigenvalue weighted by molar-refractivity contribution is -0.190. The summed E-state index contributed by atoms with van der Waals surface area (Å²) in [6, 6.07) is 0. The molecule has 28 heavy (non-hydrogen) atoms. The lowest BCUT2D eigenvalue weighted by atomic mass is 9.85. The standard InChI is InChI=1S/C20H28O8/c1-10-5-14(23)6-11(2)8-16(17-12(3)18(24)27-15(17)7-10)28-19(25)20(26,9-21)13(4)22/h6-7,13-17,21-23,26H,3,5,8-9H2,1-2,4H3/b10-7+,11-6+/t13?,14-,15+,16+,17-,20?/m0/s1. The minimum absolute atomic E-state index is 0.130. The van der Waals surface area contributed by atoms with E-state index in [9.17, 15) is 30.0 Å². The van der Waals surface area contributed by atoms with Crippen LogP contribution in [0.1, 0.15) is 33.6 Å². The van der Waals surface area contributed by atoms with Crippen molar-refractivity contribution in [1.82, 2.24) is 0 Å². The summed E-state index contributed by atoms with van der Waals surface area (Å²) < 4.78 is 10.8. The highest BCUT2D eigenvalue weighted by Crippen LogP contribution is 2.36. The maximum atomic E-state index is 12.5. The van der Waals surface area contributed by atoms with E-state index in [2.05, 4.69) is 6.58 Å². The third-order valence-corrected chi connectivity index (χ3v) is 5.19. The molecule has 1 fully saturated rings. The largest absolute Gasteiger partial charge is 0.459 e. The van der Waals surface area contributed by atoms with Crippen LogP contribution in [0.3, 0.4) is 0 Å². The van der Waals surface area contributed by atoms with Crippen LogP contribution in [0.5, 0.6) is 0 Å². The first-order valence-corrected chi connectivity index (χ1v) is 9.14. The highest BCUT2D eigenvalue weighted by molar-refractivity contribution is 5.91. The van der Waals surface area contributed by atoms with Crippen LogP contribution < -0.4 is 0 Å². The zero-order valence-electron chi connectivity index (χ0n) is 16.3. The molecule has 0 radical (unpaired) electrons. The number of ether oxygens (including phenoxy) is 2. The van der Waals surface area contributed by atoms with Gasteiger partial charge in [0.05, 0.1) is 24.7 Å². The number of hydrogen-bond acceptors (Lipinski definition) is 8. The molecule has 4 N–H and O–H groups in total. The average Bonchev–Trinajstić information content (AvgIpc) is 2.85. The summed E-state index contributed by atoms with van der Waals surface area (Å²) in [5.41, 5.74) is -0.879. The van der Waals surface area contributed by atoms with Crippen LogP contribution in [0, 0.1) is 5.92 Å². The summed E-state index contributed by atoms with van der Waals surface area (Å²) in [5, 5.41) is 39.5. The van der Waals surface area contributed by atoms with Crippen LogP contribution in [-0.2, 0) is 19.1 Å². The maximum Gasteiger partial charge on any atom is 0.343 e. The highest BCUT2D eigenvalue weighted by atomic mass is 16.6. The fourth-order valence-electron chi connectivity index (χ4n) is 3.48. The van der Waals surface area contributed by atoms with Crippen LogP contribution in [0.25, 0.3) is 0 Å². The summed E-state index contributed by atoms with van der Waals surface area (Å²) in [6.45, 7) is 7.41. The Morgan fingerprint density at radius 1 is 1.36 bits per heavy atom. The summed E-state index contributed by atoms with van der Waals surface area (Å²) >= 11 is 0. The van der Waals surface area contributed by atoms with Gasteiger partial charge in [0, 0.05) is 12.0 Å². The predicted octanol–water partition coefficient (Wildman–Crippen LogP) is 0.148. The number of aliphatic hydroxyl groups excluding tert-OH is 3. The molecular weight excluding hydrogens is 368 g/mol. The first-order valence-electron chi connectivity index (χ1n) is 9.14. The zero-order chi connectivity index (χ0) is 21.2. The van der Waals surface area contributed by atoms with Crippen molar-refractivity contribution in [2.24, 2.45) is 5.92 Å². The zero-order valence-corrected chi connectivity index (χ0v) is 16.3. The molecule has 0 aromatic carbocycles. The summed E-state index contributed by atoms with van der Waals surface area (Å²) in [5.74, 6) is -2.54. The van der Waals surface area contributed by atoms with Crippen molar-refractivity contribution in [2.75, 3.05) is 6.61 Å². The van der Waals surface area contributed by atoms with Gasteiger partial charge in [-0.3, -0.25) is 0 Å². The Bertz CT molecular complexity index is 707. The Kier molecular flexibility index (Phi) is 6.82.